The molecule has 19 heavy (non-hydrogen) atoms. The van der Waals surface area contributed by atoms with Crippen LogP contribution in [0.2, 0.25) is 0 Å². The van der Waals surface area contributed by atoms with Crippen LogP contribution in [0.1, 0.15) is 0 Å². The van der Waals surface area contributed by atoms with Crippen LogP contribution in [0.25, 0.3) is 0 Å². The Hall–Kier alpha value is 3.18. The molecular formula is C10H6CeCl8. The summed E-state index contributed by atoms with van der Waals surface area (Å²) in [7, 11) is 0. The van der Waals surface area contributed by atoms with Crippen molar-refractivity contribution in [2.45, 2.75) is 19.5 Å². The maximum Gasteiger partial charge on any atom is 0.167 e. The van der Waals surface area contributed by atoms with Crippen molar-refractivity contribution >= 4 is 93.6 Å². The molecule has 0 amide bonds. The molecule has 0 aromatic carbocycles. The third-order valence-corrected chi connectivity index (χ3v) is 8.61. The zero-order chi connectivity index (χ0) is 12.8. The molecule has 0 heterocycles. The van der Waals surface area contributed by atoms with Crippen LogP contribution in [0.5, 0.6) is 0 Å². The second-order valence-corrected chi connectivity index (χ2v) is 8.29. The summed E-state index contributed by atoms with van der Waals surface area (Å²) in [5, 5.41) is 0.113. The third kappa shape index (κ3) is 2.01. The molecule has 9 heteroatoms. The van der Waals surface area contributed by atoms with Gasteiger partial charge in [0.1, 0.15) is 9.75 Å². The summed E-state index contributed by atoms with van der Waals surface area (Å²) in [5.74, 6) is -0.470. The van der Waals surface area contributed by atoms with E-state index in [2.05, 4.69) is 0 Å². The van der Waals surface area contributed by atoms with Crippen LogP contribution in [-0.4, -0.2) is 19.5 Å². The topological polar surface area (TPSA) is 0 Å². The molecule has 0 aliphatic heterocycles. The van der Waals surface area contributed by atoms with Crippen LogP contribution < -0.4 is 0 Å². The van der Waals surface area contributed by atoms with E-state index in [4.69, 9.17) is 81.2 Å². The molecule has 5 unspecified atom stereocenters. The molecule has 0 N–H and O–H groups in total. The fraction of sp³-hybridized carbons (Fsp3) is 0.600. The van der Waals surface area contributed by atoms with Crippen molar-refractivity contribution in [3.05, 3.63) is 22.2 Å². The van der Waals surface area contributed by atoms with Crippen LogP contribution >= 0.6 is 93.6 Å². The Labute approximate surface area is 186 Å². The van der Waals surface area contributed by atoms with Gasteiger partial charge in [0.15, 0.2) is 4.33 Å². The van der Waals surface area contributed by atoms with Crippen LogP contribution in [0.15, 0.2) is 22.2 Å². The zero-order valence-electron chi connectivity index (χ0n) is 8.94. The van der Waals surface area contributed by atoms with Crippen LogP contribution in [-0.2, 0) is 0 Å². The summed E-state index contributed by atoms with van der Waals surface area (Å²) in [4.78, 5) is -2.45. The summed E-state index contributed by atoms with van der Waals surface area (Å²) in [6.45, 7) is 0. The number of allylic oxidation sites excluding steroid dienone is 4. The third-order valence-electron chi connectivity index (χ3n) is 3.90. The van der Waals surface area contributed by atoms with E-state index in [0.717, 1.165) is 0 Å². The summed E-state index contributed by atoms with van der Waals surface area (Å²) in [6, 6.07) is 0. The first-order valence-electron chi connectivity index (χ1n) is 4.85. The van der Waals surface area contributed by atoms with Gasteiger partial charge >= 0.3 is 0 Å². The molecule has 0 nitrogen and oxygen atoms in total. The van der Waals surface area contributed by atoms with Gasteiger partial charge in [0.25, 0.3) is 0 Å². The van der Waals surface area contributed by atoms with Gasteiger partial charge in [0.05, 0.1) is 15.4 Å². The smallest absolute Gasteiger partial charge is 0.147 e. The van der Waals surface area contributed by atoms with Gasteiger partial charge in [-0.05, 0) is 0 Å². The fourth-order valence-corrected chi connectivity index (χ4v) is 6.60. The Morgan fingerprint density at radius 2 is 1.37 bits per heavy atom. The minimum Gasteiger partial charge on any atom is -0.147 e. The molecule has 106 valence electrons. The SMILES string of the molecule is Cl.ClC1=C(Cl)C2(Cl)C3C(Cl)C=CC3C1(Cl)C2(Cl)Cl.[Ce]. The standard InChI is InChI=1S/C10H5Cl7.Ce.ClH/c11-4-2-1-3-5(4)9(15)7(13)6(12)8(3,14)10(9,16)17;;/h1-5H;;1H. The average molecular weight is 550 g/mol. The number of fused-ring (bicyclic) bond motifs is 5. The Balaban J connectivity index is 0.000000902. The van der Waals surface area contributed by atoms with E-state index in [1.807, 2.05) is 12.2 Å². The van der Waals surface area contributed by atoms with E-state index in [0.29, 0.717) is 0 Å². The predicted molar refractivity (Wildman–Crippen MR) is 83.3 cm³/mol. The predicted octanol–water partition coefficient (Wildman–Crippen LogP) is 5.66. The molecule has 3 aliphatic rings. The van der Waals surface area contributed by atoms with Gasteiger partial charge in [0, 0.05) is 53.6 Å². The maximum absolute atomic E-state index is 6.57. The largest absolute Gasteiger partial charge is 0.167 e. The van der Waals surface area contributed by atoms with Gasteiger partial charge in [0.2, 0.25) is 0 Å². The van der Waals surface area contributed by atoms with Gasteiger partial charge in [-0.2, -0.15) is 0 Å². The van der Waals surface area contributed by atoms with Gasteiger partial charge in [-0.1, -0.05) is 58.6 Å². The Kier molecular flexibility index (Phi) is 6.30. The van der Waals surface area contributed by atoms with Gasteiger partial charge < -0.3 is 0 Å². The second kappa shape index (κ2) is 5.92. The van der Waals surface area contributed by atoms with E-state index in [-0.39, 0.29) is 81.4 Å². The quantitative estimate of drug-likeness (QED) is 0.270. The van der Waals surface area contributed by atoms with Gasteiger partial charge in [-0.25, -0.2) is 0 Å². The van der Waals surface area contributed by atoms with Crippen molar-refractivity contribution in [2.75, 3.05) is 0 Å². The van der Waals surface area contributed by atoms with E-state index < -0.39 is 14.1 Å². The van der Waals surface area contributed by atoms with Crippen LogP contribution in [0, 0.1) is 53.6 Å². The van der Waals surface area contributed by atoms with Gasteiger partial charge in [-0.3, -0.25) is 0 Å². The Morgan fingerprint density at radius 3 is 1.89 bits per heavy atom. The first kappa shape index (κ1) is 20.2. The van der Waals surface area contributed by atoms with Crippen LogP contribution in [0.3, 0.4) is 0 Å². The molecule has 0 spiro atoms. The maximum atomic E-state index is 6.57. The fourth-order valence-electron chi connectivity index (χ4n) is 3.08. The summed E-state index contributed by atoms with van der Waals surface area (Å²) in [5.41, 5.74) is 0. The Bertz CT molecular complexity index is 474. The number of hydrogen-bond acceptors (Lipinski definition) is 0. The molecule has 0 aromatic heterocycles. The summed E-state index contributed by atoms with van der Waals surface area (Å²) in [6.07, 6.45) is 3.69. The first-order valence-corrected chi connectivity index (χ1v) is 7.55. The molecule has 0 radical (unpaired) electrons. The van der Waals surface area contributed by atoms with Crippen molar-refractivity contribution < 1.29 is 41.7 Å². The monoisotopic (exact) mass is 546 g/mol. The minimum absolute atomic E-state index is 0. The van der Waals surface area contributed by atoms with Crippen molar-refractivity contribution in [3.63, 3.8) is 0 Å². The number of hydrogen-bond donors (Lipinski definition) is 0. The average Bonchev–Trinajstić information content (AvgIpc) is 2.73. The van der Waals surface area contributed by atoms with Gasteiger partial charge in [-0.15, -0.1) is 47.2 Å². The van der Waals surface area contributed by atoms with Crippen molar-refractivity contribution in [2.24, 2.45) is 11.8 Å². The normalized spacial score (nSPS) is 48.9. The molecule has 3 aliphatic carbocycles. The molecule has 1 saturated carbocycles. The molecule has 1 fully saturated rings. The van der Waals surface area contributed by atoms with Crippen molar-refractivity contribution in [1.82, 2.24) is 0 Å². The van der Waals surface area contributed by atoms with Crippen molar-refractivity contribution in [1.29, 1.82) is 0 Å². The molecule has 2 bridgehead atoms. The van der Waals surface area contributed by atoms with E-state index >= 15 is 0 Å². The zero-order valence-corrected chi connectivity index (χ0v) is 18.2. The van der Waals surface area contributed by atoms with E-state index in [1.165, 1.54) is 0 Å². The van der Waals surface area contributed by atoms with E-state index in [9.17, 15) is 0 Å². The summed E-state index contributed by atoms with van der Waals surface area (Å²) < 4.78 is -1.48. The molecule has 5 atom stereocenters. The molecule has 0 aromatic rings. The number of alkyl halides is 5. The molecular weight excluding hydrogens is 544 g/mol. The minimum atomic E-state index is -1.48. The first-order chi connectivity index (χ1) is 7.70. The number of rotatable bonds is 0. The van der Waals surface area contributed by atoms with Crippen molar-refractivity contribution in [3.8, 4) is 0 Å². The summed E-state index contributed by atoms with van der Waals surface area (Å²) >= 11 is 44.5. The molecule has 0 saturated heterocycles. The number of halogens is 8. The Morgan fingerprint density at radius 1 is 0.895 bits per heavy atom. The second-order valence-electron chi connectivity index (χ2n) is 4.51. The molecule has 3 rings (SSSR count). The van der Waals surface area contributed by atoms with Crippen LogP contribution in [0.4, 0.5) is 0 Å². The van der Waals surface area contributed by atoms with E-state index in [1.54, 1.807) is 0 Å².